The third-order valence-electron chi connectivity index (χ3n) is 4.91. The van der Waals surface area contributed by atoms with E-state index < -0.39 is 0 Å². The zero-order valence-corrected chi connectivity index (χ0v) is 10.9. The average molecular weight is 225 g/mol. The van der Waals surface area contributed by atoms with E-state index in [1.807, 2.05) is 0 Å². The summed E-state index contributed by atoms with van der Waals surface area (Å²) < 4.78 is 0. The Balaban J connectivity index is 1.76. The van der Waals surface area contributed by atoms with E-state index in [2.05, 4.69) is 18.7 Å². The first-order valence-electron chi connectivity index (χ1n) is 7.10. The fourth-order valence-electron chi connectivity index (χ4n) is 3.42. The summed E-state index contributed by atoms with van der Waals surface area (Å²) in [6, 6.07) is 0.743. The molecule has 2 nitrogen and oxygen atoms in total. The summed E-state index contributed by atoms with van der Waals surface area (Å²) in [5, 5.41) is 9.82. The van der Waals surface area contributed by atoms with Gasteiger partial charge in [0.1, 0.15) is 0 Å². The summed E-state index contributed by atoms with van der Waals surface area (Å²) in [5.74, 6) is 1.44. The van der Waals surface area contributed by atoms with Crippen molar-refractivity contribution in [3.05, 3.63) is 0 Å². The molecule has 16 heavy (non-hydrogen) atoms. The fourth-order valence-corrected chi connectivity index (χ4v) is 3.42. The van der Waals surface area contributed by atoms with Crippen molar-refractivity contribution >= 4 is 0 Å². The number of rotatable bonds is 3. The van der Waals surface area contributed by atoms with Crippen LogP contribution in [-0.4, -0.2) is 35.2 Å². The van der Waals surface area contributed by atoms with E-state index in [1.165, 1.54) is 45.2 Å². The minimum Gasteiger partial charge on any atom is -0.393 e. The van der Waals surface area contributed by atoms with Crippen molar-refractivity contribution in [2.24, 2.45) is 11.8 Å². The molecule has 1 heterocycles. The number of hydrogen-bond donors (Lipinski definition) is 1. The molecule has 1 saturated carbocycles. The molecule has 1 saturated heterocycles. The molecule has 0 aromatic heterocycles. The molecule has 1 aliphatic carbocycles. The van der Waals surface area contributed by atoms with Gasteiger partial charge in [0.05, 0.1) is 6.10 Å². The van der Waals surface area contributed by atoms with Crippen molar-refractivity contribution in [2.75, 3.05) is 13.1 Å². The molecule has 2 heteroatoms. The molecule has 2 rings (SSSR count). The minimum atomic E-state index is -0.00230. The largest absolute Gasteiger partial charge is 0.393 e. The number of likely N-dealkylation sites (tertiary alicyclic amines) is 1. The lowest BCUT2D eigenvalue weighted by Crippen LogP contribution is -2.43. The van der Waals surface area contributed by atoms with E-state index in [9.17, 15) is 5.11 Å². The van der Waals surface area contributed by atoms with Crippen LogP contribution in [0.5, 0.6) is 0 Å². The van der Waals surface area contributed by atoms with E-state index in [0.717, 1.165) is 18.4 Å². The van der Waals surface area contributed by atoms with Gasteiger partial charge in [0.15, 0.2) is 0 Å². The van der Waals surface area contributed by atoms with Gasteiger partial charge in [-0.1, -0.05) is 13.3 Å². The number of aliphatic hydroxyl groups is 1. The van der Waals surface area contributed by atoms with E-state index in [0.29, 0.717) is 5.92 Å². The Morgan fingerprint density at radius 2 is 1.94 bits per heavy atom. The van der Waals surface area contributed by atoms with Crippen molar-refractivity contribution in [1.82, 2.24) is 4.90 Å². The molecule has 2 fully saturated rings. The third-order valence-corrected chi connectivity index (χ3v) is 4.91. The third kappa shape index (κ3) is 2.78. The van der Waals surface area contributed by atoms with Crippen LogP contribution in [-0.2, 0) is 0 Å². The van der Waals surface area contributed by atoms with Crippen LogP contribution in [0, 0.1) is 11.8 Å². The van der Waals surface area contributed by atoms with Gasteiger partial charge in [-0.15, -0.1) is 0 Å². The lowest BCUT2D eigenvalue weighted by atomic mass is 9.91. The molecule has 4 unspecified atom stereocenters. The van der Waals surface area contributed by atoms with Crippen LogP contribution in [0.2, 0.25) is 0 Å². The Hall–Kier alpha value is -0.0800. The molecule has 4 atom stereocenters. The van der Waals surface area contributed by atoms with Crippen LogP contribution in [0.15, 0.2) is 0 Å². The van der Waals surface area contributed by atoms with Crippen LogP contribution < -0.4 is 0 Å². The van der Waals surface area contributed by atoms with Gasteiger partial charge in [0.25, 0.3) is 0 Å². The van der Waals surface area contributed by atoms with Crippen molar-refractivity contribution in [3.63, 3.8) is 0 Å². The molecule has 0 spiro atoms. The quantitative estimate of drug-likeness (QED) is 0.798. The molecule has 94 valence electrons. The Bertz CT molecular complexity index is 219. The second-order valence-electron chi connectivity index (χ2n) is 5.94. The van der Waals surface area contributed by atoms with Gasteiger partial charge in [-0.05, 0) is 64.0 Å². The number of piperidine rings is 1. The number of hydrogen-bond acceptors (Lipinski definition) is 2. The van der Waals surface area contributed by atoms with Crippen LogP contribution in [0.25, 0.3) is 0 Å². The van der Waals surface area contributed by atoms with Gasteiger partial charge in [0.2, 0.25) is 0 Å². The average Bonchev–Trinajstić information content (AvgIpc) is 2.67. The highest BCUT2D eigenvalue weighted by molar-refractivity contribution is 4.82. The summed E-state index contributed by atoms with van der Waals surface area (Å²) >= 11 is 0. The van der Waals surface area contributed by atoms with Crippen LogP contribution in [0.3, 0.4) is 0 Å². The fraction of sp³-hybridized carbons (Fsp3) is 1.00. The van der Waals surface area contributed by atoms with Gasteiger partial charge in [0, 0.05) is 6.04 Å². The Labute approximate surface area is 100 Å². The lowest BCUT2D eigenvalue weighted by Gasteiger charge is -2.38. The first-order valence-corrected chi connectivity index (χ1v) is 7.10. The van der Waals surface area contributed by atoms with Crippen LogP contribution in [0.1, 0.15) is 52.4 Å². The predicted molar refractivity (Wildman–Crippen MR) is 67.4 cm³/mol. The highest BCUT2D eigenvalue weighted by Gasteiger charge is 2.28. The predicted octanol–water partition coefficient (Wildman–Crippen LogP) is 2.66. The minimum absolute atomic E-state index is 0.00230. The molecule has 0 bridgehead atoms. The maximum Gasteiger partial charge on any atom is 0.0568 e. The van der Waals surface area contributed by atoms with E-state index >= 15 is 0 Å². The molecular formula is C14H27NO. The topological polar surface area (TPSA) is 23.5 Å². The van der Waals surface area contributed by atoms with E-state index in [-0.39, 0.29) is 6.10 Å². The lowest BCUT2D eigenvalue weighted by molar-refractivity contribution is 0.0833. The van der Waals surface area contributed by atoms with E-state index in [1.54, 1.807) is 0 Å². The Kier molecular flexibility index (Phi) is 4.26. The maximum absolute atomic E-state index is 9.82. The molecule has 0 aromatic carbocycles. The highest BCUT2D eigenvalue weighted by Crippen LogP contribution is 2.30. The van der Waals surface area contributed by atoms with Gasteiger partial charge < -0.3 is 10.0 Å². The summed E-state index contributed by atoms with van der Waals surface area (Å²) in [6.45, 7) is 7.22. The highest BCUT2D eigenvalue weighted by atomic mass is 16.3. The van der Waals surface area contributed by atoms with E-state index in [4.69, 9.17) is 0 Å². The van der Waals surface area contributed by atoms with Crippen molar-refractivity contribution in [1.29, 1.82) is 0 Å². The second kappa shape index (κ2) is 5.50. The molecule has 1 N–H and O–H groups in total. The molecule has 1 aliphatic heterocycles. The summed E-state index contributed by atoms with van der Waals surface area (Å²) in [6.07, 6.45) is 7.48. The number of nitrogens with zero attached hydrogens (tertiary/aromatic N) is 1. The second-order valence-corrected chi connectivity index (χ2v) is 5.94. The molecular weight excluding hydrogens is 198 g/mol. The normalized spacial score (nSPS) is 41.4. The van der Waals surface area contributed by atoms with Crippen molar-refractivity contribution < 1.29 is 5.11 Å². The summed E-state index contributed by atoms with van der Waals surface area (Å²) in [5.41, 5.74) is 0. The van der Waals surface area contributed by atoms with Gasteiger partial charge in [-0.2, -0.15) is 0 Å². The molecule has 0 aromatic rings. The molecule has 0 radical (unpaired) electrons. The molecule has 2 aliphatic rings. The zero-order chi connectivity index (χ0) is 11.5. The summed E-state index contributed by atoms with van der Waals surface area (Å²) in [4.78, 5) is 2.64. The number of aliphatic hydroxyl groups excluding tert-OH is 1. The summed E-state index contributed by atoms with van der Waals surface area (Å²) in [7, 11) is 0. The van der Waals surface area contributed by atoms with Crippen LogP contribution in [0.4, 0.5) is 0 Å². The van der Waals surface area contributed by atoms with Crippen molar-refractivity contribution in [2.45, 2.75) is 64.5 Å². The SMILES string of the molecule is CC1CCCN(CCC2CCCC2O)C1C. The van der Waals surface area contributed by atoms with Gasteiger partial charge in [-0.3, -0.25) is 0 Å². The maximum atomic E-state index is 9.82. The first-order chi connectivity index (χ1) is 7.68. The zero-order valence-electron chi connectivity index (χ0n) is 10.9. The monoisotopic (exact) mass is 225 g/mol. The van der Waals surface area contributed by atoms with Gasteiger partial charge in [-0.25, -0.2) is 0 Å². The standard InChI is InChI=1S/C14H27NO/c1-11-5-4-9-15(12(11)2)10-8-13-6-3-7-14(13)16/h11-14,16H,3-10H2,1-2H3. The van der Waals surface area contributed by atoms with Gasteiger partial charge >= 0.3 is 0 Å². The Morgan fingerprint density at radius 3 is 2.62 bits per heavy atom. The Morgan fingerprint density at radius 1 is 1.12 bits per heavy atom. The first kappa shape index (κ1) is 12.4. The molecule has 0 amide bonds. The van der Waals surface area contributed by atoms with Crippen LogP contribution >= 0.6 is 0 Å². The van der Waals surface area contributed by atoms with Crippen molar-refractivity contribution in [3.8, 4) is 0 Å². The smallest absolute Gasteiger partial charge is 0.0568 e.